The van der Waals surface area contributed by atoms with Gasteiger partial charge in [0, 0.05) is 17.6 Å². The van der Waals surface area contributed by atoms with E-state index >= 15 is 0 Å². The van der Waals surface area contributed by atoms with E-state index in [1.165, 1.54) is 6.07 Å². The summed E-state index contributed by atoms with van der Waals surface area (Å²) in [5, 5.41) is 9.19. The molecular weight excluding hydrogens is 412 g/mol. The van der Waals surface area contributed by atoms with E-state index in [1.807, 2.05) is 24.3 Å². The van der Waals surface area contributed by atoms with Crippen molar-refractivity contribution in [3.8, 4) is 11.4 Å². The number of rotatable bonds is 7. The Bertz CT molecular complexity index is 1140. The van der Waals surface area contributed by atoms with Crippen molar-refractivity contribution in [3.05, 3.63) is 70.9 Å². The zero-order valence-corrected chi connectivity index (χ0v) is 18.2. The van der Waals surface area contributed by atoms with E-state index in [4.69, 9.17) is 0 Å². The summed E-state index contributed by atoms with van der Waals surface area (Å²) in [6, 6.07) is 11.4. The van der Waals surface area contributed by atoms with Crippen molar-refractivity contribution < 1.29 is 13.6 Å². The number of hydrogen-bond donors (Lipinski definition) is 3. The molecule has 2 aromatic carbocycles. The number of anilines is 2. The van der Waals surface area contributed by atoms with Gasteiger partial charge in [-0.1, -0.05) is 39.0 Å². The minimum absolute atomic E-state index is 0.0554. The normalized spacial score (nSPS) is 13.1. The van der Waals surface area contributed by atoms with Gasteiger partial charge >= 0.3 is 0 Å². The number of nitrogens with one attached hydrogen (secondary N) is 3. The topological polar surface area (TPSA) is 78.9 Å². The highest BCUT2D eigenvalue weighted by molar-refractivity contribution is 6.03. The molecule has 3 aromatic rings. The molecule has 0 unspecified atom stereocenters. The Kier molecular flexibility index (Phi) is 5.88. The first-order valence-electron chi connectivity index (χ1n) is 10.5. The molecule has 0 saturated carbocycles. The van der Waals surface area contributed by atoms with Crippen molar-refractivity contribution in [2.24, 2.45) is 0 Å². The van der Waals surface area contributed by atoms with Gasteiger partial charge in [0.2, 0.25) is 0 Å². The third kappa shape index (κ3) is 4.18. The van der Waals surface area contributed by atoms with E-state index in [1.54, 1.807) is 0 Å². The lowest BCUT2D eigenvalue weighted by atomic mass is 9.84. The van der Waals surface area contributed by atoms with Crippen molar-refractivity contribution in [1.82, 2.24) is 20.6 Å². The fourth-order valence-electron chi connectivity index (χ4n) is 3.72. The molecule has 1 aliphatic rings. The smallest absolute Gasteiger partial charge is 0.257 e. The van der Waals surface area contributed by atoms with Crippen LogP contribution in [0, 0.1) is 11.6 Å². The highest BCUT2D eigenvalue weighted by Crippen LogP contribution is 2.31. The molecule has 0 spiro atoms. The van der Waals surface area contributed by atoms with Gasteiger partial charge in [0.15, 0.2) is 5.82 Å². The standard InChI is InChI=1S/C24H25F2N5O/c1-4-27-13-24(2,3)14-8-10-15(11-9-14)29-22-20-18(12-28-23(20)32)30-21(31-22)19-16(25)6-5-7-17(19)26/h5-11,27H,4,12-13H2,1-3H3,(H,28,32)(H,29,30,31). The Morgan fingerprint density at radius 3 is 2.38 bits per heavy atom. The summed E-state index contributed by atoms with van der Waals surface area (Å²) in [7, 11) is 0. The predicted molar refractivity (Wildman–Crippen MR) is 120 cm³/mol. The lowest BCUT2D eigenvalue weighted by Crippen LogP contribution is -2.32. The molecule has 32 heavy (non-hydrogen) atoms. The van der Waals surface area contributed by atoms with Crippen LogP contribution in [-0.2, 0) is 12.0 Å². The Labute approximate surface area is 185 Å². The van der Waals surface area contributed by atoms with Crippen LogP contribution in [0.1, 0.15) is 42.4 Å². The van der Waals surface area contributed by atoms with Gasteiger partial charge < -0.3 is 16.0 Å². The van der Waals surface area contributed by atoms with E-state index < -0.39 is 11.6 Å². The van der Waals surface area contributed by atoms with Crippen LogP contribution >= 0.6 is 0 Å². The Morgan fingerprint density at radius 2 is 1.72 bits per heavy atom. The maximum atomic E-state index is 14.3. The van der Waals surface area contributed by atoms with E-state index in [2.05, 4.69) is 46.7 Å². The summed E-state index contributed by atoms with van der Waals surface area (Å²) in [5.74, 6) is -1.75. The summed E-state index contributed by atoms with van der Waals surface area (Å²) in [6.07, 6.45) is 0. The van der Waals surface area contributed by atoms with Gasteiger partial charge in [0.25, 0.3) is 5.91 Å². The van der Waals surface area contributed by atoms with Crippen molar-refractivity contribution in [3.63, 3.8) is 0 Å². The van der Waals surface area contributed by atoms with Gasteiger partial charge in [-0.05, 0) is 36.4 Å². The van der Waals surface area contributed by atoms with Crippen LogP contribution in [0.2, 0.25) is 0 Å². The predicted octanol–water partition coefficient (Wildman–Crippen LogP) is 4.30. The molecule has 1 aromatic heterocycles. The average Bonchev–Trinajstić information content (AvgIpc) is 3.14. The number of nitrogens with zero attached hydrogens (tertiary/aromatic N) is 2. The van der Waals surface area contributed by atoms with E-state index in [9.17, 15) is 13.6 Å². The molecule has 0 atom stereocenters. The van der Waals surface area contributed by atoms with Gasteiger partial charge in [-0.15, -0.1) is 0 Å². The molecule has 4 rings (SSSR count). The molecule has 1 amide bonds. The van der Waals surface area contributed by atoms with Crippen molar-refractivity contribution in [2.75, 3.05) is 18.4 Å². The molecule has 1 aliphatic heterocycles. The van der Waals surface area contributed by atoms with Crippen LogP contribution in [0.5, 0.6) is 0 Å². The van der Waals surface area contributed by atoms with Gasteiger partial charge in [0.05, 0.1) is 17.8 Å². The van der Waals surface area contributed by atoms with E-state index in [-0.39, 0.29) is 40.6 Å². The van der Waals surface area contributed by atoms with Crippen LogP contribution in [0.3, 0.4) is 0 Å². The number of carbonyl (C=O) groups is 1. The summed E-state index contributed by atoms with van der Waals surface area (Å²) >= 11 is 0. The highest BCUT2D eigenvalue weighted by Gasteiger charge is 2.28. The van der Waals surface area contributed by atoms with Crippen molar-refractivity contribution in [2.45, 2.75) is 32.7 Å². The minimum atomic E-state index is -0.763. The second-order valence-corrected chi connectivity index (χ2v) is 8.36. The Hall–Kier alpha value is -3.39. The summed E-state index contributed by atoms with van der Waals surface area (Å²) in [5.41, 5.74) is 2.16. The summed E-state index contributed by atoms with van der Waals surface area (Å²) in [6.45, 7) is 8.30. The minimum Gasteiger partial charge on any atom is -0.346 e. The maximum absolute atomic E-state index is 14.3. The molecule has 6 nitrogen and oxygen atoms in total. The van der Waals surface area contributed by atoms with Crippen molar-refractivity contribution >= 4 is 17.4 Å². The second kappa shape index (κ2) is 8.63. The third-order valence-corrected chi connectivity index (χ3v) is 5.56. The fourth-order valence-corrected chi connectivity index (χ4v) is 3.72. The van der Waals surface area contributed by atoms with Crippen LogP contribution in [0.4, 0.5) is 20.3 Å². The maximum Gasteiger partial charge on any atom is 0.257 e. The summed E-state index contributed by atoms with van der Waals surface area (Å²) in [4.78, 5) is 20.9. The molecule has 0 saturated heterocycles. The first kappa shape index (κ1) is 21.8. The van der Waals surface area contributed by atoms with Gasteiger partial charge in [-0.2, -0.15) is 0 Å². The van der Waals surface area contributed by atoms with E-state index in [0.29, 0.717) is 11.4 Å². The Balaban J connectivity index is 1.70. The second-order valence-electron chi connectivity index (χ2n) is 8.36. The van der Waals surface area contributed by atoms with Gasteiger partial charge in [-0.25, -0.2) is 18.7 Å². The molecule has 0 fully saturated rings. The molecule has 166 valence electrons. The van der Waals surface area contributed by atoms with Crippen molar-refractivity contribution in [1.29, 1.82) is 0 Å². The first-order chi connectivity index (χ1) is 15.3. The molecule has 2 heterocycles. The number of fused-ring (bicyclic) bond motifs is 1. The number of hydrogen-bond acceptors (Lipinski definition) is 5. The molecule has 0 aliphatic carbocycles. The lowest BCUT2D eigenvalue weighted by Gasteiger charge is -2.26. The first-order valence-corrected chi connectivity index (χ1v) is 10.5. The Morgan fingerprint density at radius 1 is 1.03 bits per heavy atom. The number of amides is 1. The average molecular weight is 437 g/mol. The largest absolute Gasteiger partial charge is 0.346 e. The monoisotopic (exact) mass is 437 g/mol. The molecule has 0 radical (unpaired) electrons. The van der Waals surface area contributed by atoms with Crippen LogP contribution in [0.25, 0.3) is 11.4 Å². The molecular formula is C24H25F2N5O. The lowest BCUT2D eigenvalue weighted by molar-refractivity contribution is 0.0966. The SMILES string of the molecule is CCNCC(C)(C)c1ccc(Nc2nc(-c3c(F)cccc3F)nc3c2C(=O)NC3)cc1. The highest BCUT2D eigenvalue weighted by atomic mass is 19.1. The quantitative estimate of drug-likeness (QED) is 0.514. The number of halogens is 2. The van der Waals surface area contributed by atoms with Crippen LogP contribution < -0.4 is 16.0 Å². The third-order valence-electron chi connectivity index (χ3n) is 5.56. The van der Waals surface area contributed by atoms with Crippen LogP contribution in [0.15, 0.2) is 42.5 Å². The van der Waals surface area contributed by atoms with Gasteiger partial charge in [-0.3, -0.25) is 4.79 Å². The molecule has 0 bridgehead atoms. The fraction of sp³-hybridized carbons (Fsp3) is 0.292. The van der Waals surface area contributed by atoms with Crippen LogP contribution in [-0.4, -0.2) is 29.0 Å². The van der Waals surface area contributed by atoms with E-state index in [0.717, 1.165) is 30.8 Å². The number of benzene rings is 2. The van der Waals surface area contributed by atoms with Gasteiger partial charge in [0.1, 0.15) is 23.0 Å². The number of aromatic nitrogens is 2. The number of likely N-dealkylation sites (N-methyl/N-ethyl adjacent to an activating group) is 1. The number of carbonyl (C=O) groups excluding carboxylic acids is 1. The zero-order valence-electron chi connectivity index (χ0n) is 18.2. The molecule has 3 N–H and O–H groups in total. The zero-order chi connectivity index (χ0) is 22.9. The molecule has 8 heteroatoms. The summed E-state index contributed by atoms with van der Waals surface area (Å²) < 4.78 is 28.7.